The van der Waals surface area contributed by atoms with Crippen LogP contribution < -0.4 is 10.6 Å². The zero-order chi connectivity index (χ0) is 19.9. The molecule has 0 saturated carbocycles. The summed E-state index contributed by atoms with van der Waals surface area (Å²) in [6, 6.07) is 8.64. The molecule has 1 saturated heterocycles. The van der Waals surface area contributed by atoms with Crippen molar-refractivity contribution in [1.29, 1.82) is 0 Å². The van der Waals surface area contributed by atoms with E-state index in [1.165, 1.54) is 5.56 Å². The number of piperazine rings is 1. The first-order valence-electron chi connectivity index (χ1n) is 9.93. The second kappa shape index (κ2) is 11.5. The molecule has 7 nitrogen and oxygen atoms in total. The number of rotatable bonds is 6. The Hall–Kier alpha value is -1.65. The van der Waals surface area contributed by atoms with Crippen LogP contribution in [0.4, 0.5) is 0 Å². The molecule has 1 aliphatic rings. The molecule has 8 heteroatoms. The minimum absolute atomic E-state index is 0. The minimum Gasteiger partial charge on any atom is -0.444 e. The number of aromatic nitrogens is 1. The third kappa shape index (κ3) is 6.97. The van der Waals surface area contributed by atoms with Gasteiger partial charge in [-0.15, -0.1) is 24.0 Å². The molecule has 2 heterocycles. The Morgan fingerprint density at radius 3 is 2.52 bits per heavy atom. The average molecular weight is 512 g/mol. The lowest BCUT2D eigenvalue weighted by Crippen LogP contribution is -2.52. The summed E-state index contributed by atoms with van der Waals surface area (Å²) in [5.41, 5.74) is 3.06. The number of guanidine groups is 1. The molecule has 0 bridgehead atoms. The topological polar surface area (TPSA) is 68.9 Å². The van der Waals surface area contributed by atoms with E-state index in [2.05, 4.69) is 63.4 Å². The van der Waals surface area contributed by atoms with Crippen molar-refractivity contribution in [1.82, 2.24) is 25.4 Å². The first kappa shape index (κ1) is 23.6. The summed E-state index contributed by atoms with van der Waals surface area (Å²) < 4.78 is 5.62. The third-order valence-corrected chi connectivity index (χ3v) is 5.24. The number of oxazole rings is 1. The number of halogens is 1. The zero-order valence-electron chi connectivity index (χ0n) is 17.8. The minimum atomic E-state index is 0. The van der Waals surface area contributed by atoms with E-state index >= 15 is 0 Å². The number of likely N-dealkylation sites (N-methyl/N-ethyl adjacent to an activating group) is 1. The maximum atomic E-state index is 5.62. The van der Waals surface area contributed by atoms with Gasteiger partial charge in [0.1, 0.15) is 6.26 Å². The molecule has 1 aromatic heterocycles. The van der Waals surface area contributed by atoms with Gasteiger partial charge in [0.2, 0.25) is 5.89 Å². The number of nitrogens with zero attached hydrogens (tertiary/aromatic N) is 4. The molecule has 160 valence electrons. The molecule has 2 N–H and O–H groups in total. The van der Waals surface area contributed by atoms with Crippen molar-refractivity contribution in [2.24, 2.45) is 4.99 Å². The predicted octanol–water partition coefficient (Wildman–Crippen LogP) is 2.57. The molecule has 3 rings (SSSR count). The van der Waals surface area contributed by atoms with Crippen LogP contribution in [0.25, 0.3) is 11.5 Å². The van der Waals surface area contributed by atoms with Crippen molar-refractivity contribution in [3.05, 3.63) is 41.8 Å². The smallest absolute Gasteiger partial charge is 0.226 e. The fourth-order valence-corrected chi connectivity index (χ4v) is 3.25. The van der Waals surface area contributed by atoms with Gasteiger partial charge in [0, 0.05) is 51.4 Å². The first-order chi connectivity index (χ1) is 13.5. The Kier molecular flexibility index (Phi) is 9.38. The molecule has 1 unspecified atom stereocenters. The van der Waals surface area contributed by atoms with Gasteiger partial charge >= 0.3 is 0 Å². The van der Waals surface area contributed by atoms with E-state index in [1.54, 1.807) is 13.3 Å². The summed E-state index contributed by atoms with van der Waals surface area (Å²) in [5.74, 6) is 1.42. The highest BCUT2D eigenvalue weighted by Crippen LogP contribution is 2.18. The van der Waals surface area contributed by atoms with E-state index in [9.17, 15) is 0 Å². The van der Waals surface area contributed by atoms with Gasteiger partial charge in [-0.05, 0) is 33.0 Å². The van der Waals surface area contributed by atoms with Gasteiger partial charge in [0.05, 0.1) is 12.2 Å². The van der Waals surface area contributed by atoms with Crippen molar-refractivity contribution in [3.8, 4) is 11.5 Å². The van der Waals surface area contributed by atoms with Crippen molar-refractivity contribution in [2.75, 3.05) is 46.8 Å². The lowest BCUT2D eigenvalue weighted by atomic mass is 10.1. The third-order valence-electron chi connectivity index (χ3n) is 5.24. The number of aryl methyl sites for hydroxylation is 1. The monoisotopic (exact) mass is 512 g/mol. The fourth-order valence-electron chi connectivity index (χ4n) is 3.25. The summed E-state index contributed by atoms with van der Waals surface area (Å²) in [4.78, 5) is 13.8. The fraction of sp³-hybridized carbons (Fsp3) is 0.524. The predicted molar refractivity (Wildman–Crippen MR) is 129 cm³/mol. The van der Waals surface area contributed by atoms with Gasteiger partial charge in [-0.2, -0.15) is 0 Å². The lowest BCUT2D eigenvalue weighted by Gasteiger charge is -2.36. The van der Waals surface area contributed by atoms with Crippen LogP contribution in [0.1, 0.15) is 18.2 Å². The SMILES string of the molecule is CN=C(NCc1coc(-c2ccc(C)cc2)n1)NCC(C)N1CCN(C)CC1.I. The van der Waals surface area contributed by atoms with Gasteiger partial charge in [0.25, 0.3) is 0 Å². The second-order valence-corrected chi connectivity index (χ2v) is 7.50. The van der Waals surface area contributed by atoms with E-state index in [-0.39, 0.29) is 24.0 Å². The molecule has 0 spiro atoms. The Bertz CT molecular complexity index is 768. The Balaban J connectivity index is 0.00000300. The number of aliphatic imine (C=N–C) groups is 1. The zero-order valence-corrected chi connectivity index (χ0v) is 20.1. The van der Waals surface area contributed by atoms with Gasteiger partial charge in [-0.3, -0.25) is 9.89 Å². The lowest BCUT2D eigenvalue weighted by molar-refractivity contribution is 0.120. The van der Waals surface area contributed by atoms with Crippen molar-refractivity contribution in [3.63, 3.8) is 0 Å². The molecule has 0 aliphatic carbocycles. The molecular weight excluding hydrogens is 479 g/mol. The van der Waals surface area contributed by atoms with Crippen molar-refractivity contribution < 1.29 is 4.42 Å². The van der Waals surface area contributed by atoms with Crippen LogP contribution in [-0.2, 0) is 6.54 Å². The van der Waals surface area contributed by atoms with Crippen LogP contribution in [0.15, 0.2) is 39.9 Å². The maximum absolute atomic E-state index is 5.62. The largest absolute Gasteiger partial charge is 0.444 e. The summed E-state index contributed by atoms with van der Waals surface area (Å²) in [6.07, 6.45) is 1.70. The second-order valence-electron chi connectivity index (χ2n) is 7.50. The summed E-state index contributed by atoms with van der Waals surface area (Å²) >= 11 is 0. The van der Waals surface area contributed by atoms with E-state index in [1.807, 2.05) is 12.1 Å². The summed E-state index contributed by atoms with van der Waals surface area (Å²) in [7, 11) is 3.97. The molecule has 1 fully saturated rings. The quantitative estimate of drug-likeness (QED) is 0.353. The van der Waals surface area contributed by atoms with E-state index in [0.29, 0.717) is 18.5 Å². The molecular formula is C21H33IN6O. The molecule has 0 amide bonds. The highest BCUT2D eigenvalue weighted by molar-refractivity contribution is 14.0. The van der Waals surface area contributed by atoms with Crippen LogP contribution in [0.2, 0.25) is 0 Å². The van der Waals surface area contributed by atoms with E-state index in [0.717, 1.165) is 49.9 Å². The van der Waals surface area contributed by atoms with Crippen LogP contribution in [0.5, 0.6) is 0 Å². The number of nitrogens with one attached hydrogen (secondary N) is 2. The normalized spacial score (nSPS) is 16.9. The average Bonchev–Trinajstić information content (AvgIpc) is 3.18. The van der Waals surface area contributed by atoms with Crippen LogP contribution >= 0.6 is 24.0 Å². The highest BCUT2D eigenvalue weighted by atomic mass is 127. The molecule has 1 atom stereocenters. The standard InChI is InChI=1S/C21H32N6O.HI/c1-16-5-7-18(8-6-16)20-25-19(15-28-20)14-24-21(22-3)23-13-17(2)27-11-9-26(4)10-12-27;/h5-8,15,17H,9-14H2,1-4H3,(H2,22,23,24);1H. The van der Waals surface area contributed by atoms with Crippen LogP contribution in [0.3, 0.4) is 0 Å². The van der Waals surface area contributed by atoms with Gasteiger partial charge in [-0.25, -0.2) is 4.98 Å². The van der Waals surface area contributed by atoms with Gasteiger partial charge in [0.15, 0.2) is 5.96 Å². The number of benzene rings is 1. The van der Waals surface area contributed by atoms with Crippen LogP contribution in [0, 0.1) is 6.92 Å². The summed E-state index contributed by atoms with van der Waals surface area (Å²) in [6.45, 7) is 10.3. The highest BCUT2D eigenvalue weighted by Gasteiger charge is 2.19. The number of hydrogen-bond acceptors (Lipinski definition) is 5. The van der Waals surface area contributed by atoms with Gasteiger partial charge < -0.3 is 20.0 Å². The summed E-state index contributed by atoms with van der Waals surface area (Å²) in [5, 5.41) is 6.73. The van der Waals surface area contributed by atoms with Crippen molar-refractivity contribution >= 4 is 29.9 Å². The first-order valence-corrected chi connectivity index (χ1v) is 9.93. The molecule has 1 aromatic carbocycles. The molecule has 2 aromatic rings. The van der Waals surface area contributed by atoms with Crippen molar-refractivity contribution in [2.45, 2.75) is 26.4 Å². The molecule has 29 heavy (non-hydrogen) atoms. The Morgan fingerprint density at radius 2 is 1.86 bits per heavy atom. The Morgan fingerprint density at radius 1 is 1.17 bits per heavy atom. The molecule has 1 aliphatic heterocycles. The Labute approximate surface area is 191 Å². The number of hydrogen-bond donors (Lipinski definition) is 2. The van der Waals surface area contributed by atoms with Crippen LogP contribution in [-0.4, -0.2) is 73.6 Å². The van der Waals surface area contributed by atoms with Gasteiger partial charge in [-0.1, -0.05) is 17.7 Å². The van der Waals surface area contributed by atoms with E-state index in [4.69, 9.17) is 4.42 Å². The van der Waals surface area contributed by atoms with E-state index < -0.39 is 0 Å². The maximum Gasteiger partial charge on any atom is 0.226 e. The molecule has 0 radical (unpaired) electrons.